The van der Waals surface area contributed by atoms with Gasteiger partial charge in [0.15, 0.2) is 0 Å². The first-order valence-corrected chi connectivity index (χ1v) is 8.66. The van der Waals surface area contributed by atoms with Crippen LogP contribution >= 0.6 is 0 Å². The summed E-state index contributed by atoms with van der Waals surface area (Å²) >= 11 is 0. The molecule has 0 aromatic heterocycles. The van der Waals surface area contributed by atoms with Crippen molar-refractivity contribution in [3.63, 3.8) is 0 Å². The van der Waals surface area contributed by atoms with E-state index in [0.29, 0.717) is 0 Å². The number of unbranched alkanes of at least 4 members (excludes halogenated alkanes) is 5. The third-order valence-corrected chi connectivity index (χ3v) is 3.93. The standard InChI is InChI=1S/C15H24O3S/c1-2-3-4-5-6-7-10-14-11-8-9-12-15(14)13-19(16,17)18/h8-9,11-12H,2-7,10,13H2,1H3,(H,16,17,18). The fraction of sp³-hybridized carbons (Fsp3) is 0.600. The van der Waals surface area contributed by atoms with Crippen molar-refractivity contribution in [3.8, 4) is 0 Å². The third-order valence-electron chi connectivity index (χ3n) is 3.26. The van der Waals surface area contributed by atoms with E-state index in [1.807, 2.05) is 18.2 Å². The minimum atomic E-state index is -3.94. The van der Waals surface area contributed by atoms with Gasteiger partial charge in [0.25, 0.3) is 10.1 Å². The molecule has 108 valence electrons. The molecule has 0 aliphatic rings. The zero-order valence-electron chi connectivity index (χ0n) is 11.6. The lowest BCUT2D eigenvalue weighted by molar-refractivity contribution is 0.482. The lowest BCUT2D eigenvalue weighted by atomic mass is 10.0. The van der Waals surface area contributed by atoms with Crippen molar-refractivity contribution in [1.82, 2.24) is 0 Å². The van der Waals surface area contributed by atoms with Gasteiger partial charge in [-0.25, -0.2) is 0 Å². The van der Waals surface area contributed by atoms with Gasteiger partial charge in [0, 0.05) is 0 Å². The molecular formula is C15H24O3S. The molecule has 0 spiro atoms. The number of benzene rings is 1. The maximum absolute atomic E-state index is 11.0. The summed E-state index contributed by atoms with van der Waals surface area (Å²) in [4.78, 5) is 0. The average Bonchev–Trinajstić information content (AvgIpc) is 2.33. The lowest BCUT2D eigenvalue weighted by Gasteiger charge is -2.08. The van der Waals surface area contributed by atoms with Gasteiger partial charge in [-0.15, -0.1) is 0 Å². The monoisotopic (exact) mass is 284 g/mol. The van der Waals surface area contributed by atoms with E-state index in [2.05, 4.69) is 6.92 Å². The molecule has 0 heterocycles. The van der Waals surface area contributed by atoms with Gasteiger partial charge in [-0.05, 0) is 24.0 Å². The van der Waals surface area contributed by atoms with Crippen molar-refractivity contribution in [2.45, 2.75) is 57.6 Å². The molecule has 3 nitrogen and oxygen atoms in total. The Hall–Kier alpha value is -0.870. The first-order valence-electron chi connectivity index (χ1n) is 7.05. The number of hydrogen-bond acceptors (Lipinski definition) is 2. The Balaban J connectivity index is 2.45. The van der Waals surface area contributed by atoms with E-state index < -0.39 is 10.1 Å². The maximum Gasteiger partial charge on any atom is 0.269 e. The summed E-state index contributed by atoms with van der Waals surface area (Å²) in [5.41, 5.74) is 1.76. The van der Waals surface area contributed by atoms with Crippen LogP contribution in [0.3, 0.4) is 0 Å². The van der Waals surface area contributed by atoms with Crippen LogP contribution in [0.15, 0.2) is 24.3 Å². The third kappa shape index (κ3) is 7.33. The molecule has 0 bridgehead atoms. The van der Waals surface area contributed by atoms with Crippen molar-refractivity contribution in [1.29, 1.82) is 0 Å². The van der Waals surface area contributed by atoms with E-state index in [9.17, 15) is 8.42 Å². The second-order valence-electron chi connectivity index (χ2n) is 5.01. The van der Waals surface area contributed by atoms with Crippen molar-refractivity contribution in [3.05, 3.63) is 35.4 Å². The Morgan fingerprint density at radius 1 is 0.947 bits per heavy atom. The van der Waals surface area contributed by atoms with E-state index in [1.54, 1.807) is 6.07 Å². The highest BCUT2D eigenvalue weighted by molar-refractivity contribution is 7.85. The molecule has 0 saturated heterocycles. The summed E-state index contributed by atoms with van der Waals surface area (Å²) in [6.07, 6.45) is 8.21. The quantitative estimate of drug-likeness (QED) is 0.551. The number of hydrogen-bond donors (Lipinski definition) is 1. The Morgan fingerprint density at radius 3 is 2.16 bits per heavy atom. The van der Waals surface area contributed by atoms with Crippen LogP contribution in [0.1, 0.15) is 56.6 Å². The molecular weight excluding hydrogens is 260 g/mol. The highest BCUT2D eigenvalue weighted by Gasteiger charge is 2.10. The highest BCUT2D eigenvalue weighted by atomic mass is 32.2. The van der Waals surface area contributed by atoms with Crippen molar-refractivity contribution < 1.29 is 13.0 Å². The van der Waals surface area contributed by atoms with Crippen LogP contribution in [0, 0.1) is 0 Å². The van der Waals surface area contributed by atoms with Crippen LogP contribution in [0.4, 0.5) is 0 Å². The minimum Gasteiger partial charge on any atom is -0.285 e. The van der Waals surface area contributed by atoms with Crippen molar-refractivity contribution in [2.24, 2.45) is 0 Å². The molecule has 0 fully saturated rings. The summed E-state index contributed by atoms with van der Waals surface area (Å²) in [6.45, 7) is 2.20. The van der Waals surface area contributed by atoms with Crippen LogP contribution in [0.5, 0.6) is 0 Å². The molecule has 0 radical (unpaired) electrons. The summed E-state index contributed by atoms with van der Waals surface area (Å²) in [5.74, 6) is -0.279. The predicted molar refractivity (Wildman–Crippen MR) is 78.8 cm³/mol. The van der Waals surface area contributed by atoms with Gasteiger partial charge >= 0.3 is 0 Å². The molecule has 0 aliphatic heterocycles. The zero-order valence-corrected chi connectivity index (χ0v) is 12.5. The Morgan fingerprint density at radius 2 is 1.53 bits per heavy atom. The topological polar surface area (TPSA) is 54.4 Å². The average molecular weight is 284 g/mol. The molecule has 19 heavy (non-hydrogen) atoms. The first-order chi connectivity index (χ1) is 9.03. The van der Waals surface area contributed by atoms with Crippen molar-refractivity contribution in [2.75, 3.05) is 0 Å². The summed E-state index contributed by atoms with van der Waals surface area (Å²) in [6, 6.07) is 7.46. The van der Waals surface area contributed by atoms with Gasteiger partial charge in [0.2, 0.25) is 0 Å². The SMILES string of the molecule is CCCCCCCCc1ccccc1CS(=O)(=O)O. The van der Waals surface area contributed by atoms with E-state index >= 15 is 0 Å². The van der Waals surface area contributed by atoms with Gasteiger partial charge in [0.05, 0.1) is 0 Å². The summed E-state index contributed by atoms with van der Waals surface area (Å²) < 4.78 is 30.8. The summed E-state index contributed by atoms with van der Waals surface area (Å²) in [5, 5.41) is 0. The van der Waals surface area contributed by atoms with E-state index in [-0.39, 0.29) is 5.75 Å². The first kappa shape index (κ1) is 16.2. The van der Waals surface area contributed by atoms with Gasteiger partial charge in [-0.3, -0.25) is 4.55 Å². The fourth-order valence-electron chi connectivity index (χ4n) is 2.23. The minimum absolute atomic E-state index is 0.279. The number of rotatable bonds is 9. The van der Waals surface area contributed by atoms with Crippen LogP contribution in [0.2, 0.25) is 0 Å². The van der Waals surface area contributed by atoms with E-state index in [4.69, 9.17) is 4.55 Å². The maximum atomic E-state index is 11.0. The van der Waals surface area contributed by atoms with Crippen LogP contribution in [0.25, 0.3) is 0 Å². The molecule has 1 aromatic carbocycles. The Labute approximate surface area is 116 Å². The predicted octanol–water partition coefficient (Wildman–Crippen LogP) is 3.98. The highest BCUT2D eigenvalue weighted by Crippen LogP contribution is 2.16. The lowest BCUT2D eigenvalue weighted by Crippen LogP contribution is -2.04. The van der Waals surface area contributed by atoms with Gasteiger partial charge in [0.1, 0.15) is 5.75 Å². The molecule has 0 unspecified atom stereocenters. The second kappa shape index (κ2) is 8.33. The van der Waals surface area contributed by atoms with Crippen LogP contribution < -0.4 is 0 Å². The normalized spacial score (nSPS) is 11.7. The van der Waals surface area contributed by atoms with Gasteiger partial charge < -0.3 is 0 Å². The molecule has 1 aromatic rings. The van der Waals surface area contributed by atoms with E-state index in [0.717, 1.165) is 24.0 Å². The molecule has 4 heteroatoms. The van der Waals surface area contributed by atoms with Crippen LogP contribution in [-0.2, 0) is 22.3 Å². The largest absolute Gasteiger partial charge is 0.285 e. The molecule has 1 rings (SSSR count). The molecule has 0 amide bonds. The molecule has 0 atom stereocenters. The number of aryl methyl sites for hydroxylation is 1. The fourth-order valence-corrected chi connectivity index (χ4v) is 2.91. The van der Waals surface area contributed by atoms with Crippen LogP contribution in [-0.4, -0.2) is 13.0 Å². The molecule has 0 aliphatic carbocycles. The molecule has 1 N–H and O–H groups in total. The summed E-state index contributed by atoms with van der Waals surface area (Å²) in [7, 11) is -3.94. The zero-order chi connectivity index (χ0) is 14.1. The Kier molecular flexibility index (Phi) is 7.10. The second-order valence-corrected chi connectivity index (χ2v) is 6.47. The smallest absolute Gasteiger partial charge is 0.269 e. The van der Waals surface area contributed by atoms with E-state index in [1.165, 1.54) is 32.1 Å². The van der Waals surface area contributed by atoms with Gasteiger partial charge in [-0.1, -0.05) is 63.3 Å². The molecule has 0 saturated carbocycles. The van der Waals surface area contributed by atoms with Crippen molar-refractivity contribution >= 4 is 10.1 Å². The van der Waals surface area contributed by atoms with Gasteiger partial charge in [-0.2, -0.15) is 8.42 Å². The Bertz CT molecular complexity index is 466.